The molecular weight excluding hydrogens is 236 g/mol. The van der Waals surface area contributed by atoms with Gasteiger partial charge in [0.05, 0.1) is 0 Å². The summed E-state index contributed by atoms with van der Waals surface area (Å²) >= 11 is 0. The fourth-order valence-electron chi connectivity index (χ4n) is 3.79. The van der Waals surface area contributed by atoms with E-state index in [2.05, 4.69) is 48.2 Å². The van der Waals surface area contributed by atoms with E-state index in [9.17, 15) is 0 Å². The number of hydrogen-bond acceptors (Lipinski definition) is 4. The monoisotopic (exact) mass is 268 g/mol. The Labute approximate surface area is 119 Å². The summed E-state index contributed by atoms with van der Waals surface area (Å²) in [6.45, 7) is 6.08. The van der Waals surface area contributed by atoms with E-state index in [1.807, 2.05) is 0 Å². The Balaban J connectivity index is 1.91. The van der Waals surface area contributed by atoms with Crippen molar-refractivity contribution in [1.82, 2.24) is 20.0 Å². The van der Waals surface area contributed by atoms with Gasteiger partial charge in [-0.25, -0.2) is 0 Å². The summed E-state index contributed by atoms with van der Waals surface area (Å²) in [6.07, 6.45) is 4.05. The summed E-state index contributed by atoms with van der Waals surface area (Å²) < 4.78 is 0. The fourth-order valence-corrected chi connectivity index (χ4v) is 3.79. The lowest BCUT2D eigenvalue weighted by Crippen LogP contribution is -2.53. The molecule has 2 fully saturated rings. The second-order valence-corrected chi connectivity index (χ2v) is 6.84. The molecule has 0 radical (unpaired) electrons. The van der Waals surface area contributed by atoms with E-state index in [0.29, 0.717) is 12.1 Å². The Hall–Kier alpha value is -0.160. The molecule has 2 aliphatic rings. The molecule has 0 aromatic rings. The van der Waals surface area contributed by atoms with Crippen LogP contribution in [0.3, 0.4) is 0 Å². The molecule has 2 rings (SSSR count). The topological polar surface area (TPSA) is 21.8 Å². The van der Waals surface area contributed by atoms with Gasteiger partial charge in [0.2, 0.25) is 0 Å². The molecule has 2 heterocycles. The number of likely N-dealkylation sites (tertiary alicyclic amines) is 1. The highest BCUT2D eigenvalue weighted by Gasteiger charge is 2.30. The Bertz CT molecular complexity index is 269. The van der Waals surface area contributed by atoms with Crippen LogP contribution >= 0.6 is 0 Å². The number of likely N-dealkylation sites (N-methyl/N-ethyl adjacent to an activating group) is 1. The van der Waals surface area contributed by atoms with Crippen molar-refractivity contribution in [3.63, 3.8) is 0 Å². The minimum absolute atomic E-state index is 0.665. The van der Waals surface area contributed by atoms with E-state index in [1.54, 1.807) is 0 Å². The minimum atomic E-state index is 0.665. The van der Waals surface area contributed by atoms with Crippen LogP contribution in [0, 0.1) is 5.92 Å². The van der Waals surface area contributed by atoms with Crippen LogP contribution in [0.1, 0.15) is 19.3 Å². The van der Waals surface area contributed by atoms with Crippen molar-refractivity contribution < 1.29 is 0 Å². The van der Waals surface area contributed by atoms with Gasteiger partial charge in [0.1, 0.15) is 0 Å². The zero-order valence-corrected chi connectivity index (χ0v) is 13.2. The molecule has 0 aromatic heterocycles. The lowest BCUT2D eigenvalue weighted by molar-refractivity contribution is 0.0986. The Morgan fingerprint density at radius 1 is 1.16 bits per heavy atom. The number of piperidine rings is 1. The molecule has 0 spiro atoms. The van der Waals surface area contributed by atoms with E-state index < -0.39 is 0 Å². The van der Waals surface area contributed by atoms with Gasteiger partial charge >= 0.3 is 0 Å². The quantitative estimate of drug-likeness (QED) is 0.804. The van der Waals surface area contributed by atoms with Crippen LogP contribution in [-0.2, 0) is 0 Å². The Morgan fingerprint density at radius 3 is 2.53 bits per heavy atom. The number of piperazine rings is 1. The fraction of sp³-hybridized carbons (Fsp3) is 1.00. The SMILES string of the molecule is CN1CCNC(CC(C2CCCN(C)C2)N(C)C)C1. The molecular formula is C15H32N4. The van der Waals surface area contributed by atoms with Crippen LogP contribution in [-0.4, -0.2) is 87.7 Å². The van der Waals surface area contributed by atoms with E-state index in [1.165, 1.54) is 45.4 Å². The minimum Gasteiger partial charge on any atom is -0.311 e. The summed E-state index contributed by atoms with van der Waals surface area (Å²) in [4.78, 5) is 7.42. The van der Waals surface area contributed by atoms with Gasteiger partial charge in [-0.3, -0.25) is 0 Å². The van der Waals surface area contributed by atoms with Crippen molar-refractivity contribution in [3.8, 4) is 0 Å². The zero-order chi connectivity index (χ0) is 13.8. The first-order valence-corrected chi connectivity index (χ1v) is 7.83. The third-order valence-corrected chi connectivity index (χ3v) is 4.85. The van der Waals surface area contributed by atoms with E-state index in [0.717, 1.165) is 12.5 Å². The number of hydrogen-bond donors (Lipinski definition) is 1. The van der Waals surface area contributed by atoms with Crippen LogP contribution < -0.4 is 5.32 Å². The molecule has 2 saturated heterocycles. The molecule has 1 N–H and O–H groups in total. The standard InChI is InChI=1S/C15H32N4/c1-17(2)15(13-6-5-8-18(3)11-13)10-14-12-19(4)9-7-16-14/h13-16H,5-12H2,1-4H3. The van der Waals surface area contributed by atoms with Crippen molar-refractivity contribution in [3.05, 3.63) is 0 Å². The van der Waals surface area contributed by atoms with Gasteiger partial charge in [-0.1, -0.05) is 0 Å². The van der Waals surface area contributed by atoms with Crippen molar-refractivity contribution in [1.29, 1.82) is 0 Å². The van der Waals surface area contributed by atoms with Crippen molar-refractivity contribution in [2.75, 3.05) is 60.9 Å². The summed E-state index contributed by atoms with van der Waals surface area (Å²) in [5.41, 5.74) is 0. The summed E-state index contributed by atoms with van der Waals surface area (Å²) in [5.74, 6) is 0.836. The van der Waals surface area contributed by atoms with Crippen molar-refractivity contribution in [2.24, 2.45) is 5.92 Å². The van der Waals surface area contributed by atoms with E-state index in [-0.39, 0.29) is 0 Å². The molecule has 0 saturated carbocycles. The Kier molecular flexibility index (Phi) is 5.63. The predicted octanol–water partition coefficient (Wildman–Crippen LogP) is 0.552. The van der Waals surface area contributed by atoms with Crippen LogP contribution in [0.4, 0.5) is 0 Å². The van der Waals surface area contributed by atoms with Gasteiger partial charge in [-0.05, 0) is 59.9 Å². The lowest BCUT2D eigenvalue weighted by Gasteiger charge is -2.41. The molecule has 0 aliphatic carbocycles. The molecule has 4 nitrogen and oxygen atoms in total. The number of rotatable bonds is 4. The third kappa shape index (κ3) is 4.42. The molecule has 2 aliphatic heterocycles. The highest BCUT2D eigenvalue weighted by molar-refractivity contribution is 4.88. The van der Waals surface area contributed by atoms with Gasteiger partial charge in [0, 0.05) is 38.3 Å². The maximum atomic E-state index is 3.70. The molecule has 0 bridgehead atoms. The van der Waals surface area contributed by atoms with Crippen LogP contribution in [0.25, 0.3) is 0 Å². The maximum absolute atomic E-state index is 3.70. The average Bonchev–Trinajstić information content (AvgIpc) is 2.35. The summed E-state index contributed by atoms with van der Waals surface area (Å²) in [6, 6.07) is 1.38. The second kappa shape index (κ2) is 7.02. The lowest BCUT2D eigenvalue weighted by atomic mass is 9.86. The van der Waals surface area contributed by atoms with Gasteiger partial charge in [0.25, 0.3) is 0 Å². The second-order valence-electron chi connectivity index (χ2n) is 6.84. The van der Waals surface area contributed by atoms with Crippen LogP contribution in [0.15, 0.2) is 0 Å². The molecule has 0 amide bonds. The van der Waals surface area contributed by atoms with E-state index >= 15 is 0 Å². The molecule has 4 heteroatoms. The largest absolute Gasteiger partial charge is 0.311 e. The van der Waals surface area contributed by atoms with Gasteiger partial charge in [0.15, 0.2) is 0 Å². The highest BCUT2D eigenvalue weighted by atomic mass is 15.2. The van der Waals surface area contributed by atoms with Gasteiger partial charge < -0.3 is 20.0 Å². The summed E-state index contributed by atoms with van der Waals surface area (Å²) in [7, 11) is 9.02. The van der Waals surface area contributed by atoms with E-state index in [4.69, 9.17) is 0 Å². The first-order valence-electron chi connectivity index (χ1n) is 7.83. The molecule has 112 valence electrons. The first-order chi connectivity index (χ1) is 9.06. The first kappa shape index (κ1) is 15.2. The van der Waals surface area contributed by atoms with Crippen molar-refractivity contribution in [2.45, 2.75) is 31.3 Å². The van der Waals surface area contributed by atoms with Crippen LogP contribution in [0.5, 0.6) is 0 Å². The van der Waals surface area contributed by atoms with Crippen molar-refractivity contribution >= 4 is 0 Å². The van der Waals surface area contributed by atoms with Crippen LogP contribution in [0.2, 0.25) is 0 Å². The molecule has 0 aromatic carbocycles. The number of nitrogens with zero attached hydrogens (tertiary/aromatic N) is 3. The smallest absolute Gasteiger partial charge is 0.0210 e. The highest BCUT2D eigenvalue weighted by Crippen LogP contribution is 2.24. The van der Waals surface area contributed by atoms with Gasteiger partial charge in [-0.15, -0.1) is 0 Å². The maximum Gasteiger partial charge on any atom is 0.0210 e. The number of nitrogens with one attached hydrogen (secondary N) is 1. The predicted molar refractivity (Wildman–Crippen MR) is 81.6 cm³/mol. The molecule has 3 unspecified atom stereocenters. The Morgan fingerprint density at radius 2 is 1.89 bits per heavy atom. The molecule has 19 heavy (non-hydrogen) atoms. The molecule has 3 atom stereocenters. The van der Waals surface area contributed by atoms with Gasteiger partial charge in [-0.2, -0.15) is 0 Å². The average molecular weight is 268 g/mol. The third-order valence-electron chi connectivity index (χ3n) is 4.85. The summed E-state index contributed by atoms with van der Waals surface area (Å²) in [5, 5.41) is 3.70. The normalized spacial score (nSPS) is 32.7. The zero-order valence-electron chi connectivity index (χ0n) is 13.2.